The lowest BCUT2D eigenvalue weighted by Crippen LogP contribution is -2.45. The van der Waals surface area contributed by atoms with Crippen LogP contribution in [0.1, 0.15) is 58.4 Å². The van der Waals surface area contributed by atoms with Crippen molar-refractivity contribution < 1.29 is 14.3 Å². The molecule has 1 saturated carbocycles. The van der Waals surface area contributed by atoms with Gasteiger partial charge in [-0.25, -0.2) is 0 Å². The lowest BCUT2D eigenvalue weighted by molar-refractivity contribution is -0.151. The van der Waals surface area contributed by atoms with Gasteiger partial charge in [0.1, 0.15) is 0 Å². The summed E-state index contributed by atoms with van der Waals surface area (Å²) in [4.78, 5) is 24.8. The minimum absolute atomic E-state index is 0.0611. The molecule has 5 heteroatoms. The molecule has 1 N–H and O–H groups in total. The predicted molar refractivity (Wildman–Crippen MR) is 104 cm³/mol. The van der Waals surface area contributed by atoms with Gasteiger partial charge in [-0.15, -0.1) is 0 Å². The highest BCUT2D eigenvalue weighted by Gasteiger charge is 2.29. The first-order valence-corrected chi connectivity index (χ1v) is 9.88. The maximum absolute atomic E-state index is 12.5. The number of hydrogen-bond acceptors (Lipinski definition) is 3. The topological polar surface area (TPSA) is 55.4 Å². The molecule has 0 aliphatic heterocycles. The van der Waals surface area contributed by atoms with Gasteiger partial charge in [0.05, 0.1) is 5.92 Å². The summed E-state index contributed by atoms with van der Waals surface area (Å²) >= 11 is 5.92. The first kappa shape index (κ1) is 20.8. The van der Waals surface area contributed by atoms with E-state index in [9.17, 15) is 9.59 Å². The van der Waals surface area contributed by atoms with Gasteiger partial charge in [0.2, 0.25) is 0 Å². The van der Waals surface area contributed by atoms with Crippen LogP contribution < -0.4 is 5.32 Å². The number of rotatable bonds is 6. The zero-order valence-electron chi connectivity index (χ0n) is 16.1. The molecule has 144 valence electrons. The molecule has 26 heavy (non-hydrogen) atoms. The van der Waals surface area contributed by atoms with E-state index in [2.05, 4.69) is 19.2 Å². The molecule has 1 aliphatic carbocycles. The van der Waals surface area contributed by atoms with E-state index in [0.717, 1.165) is 18.4 Å². The minimum atomic E-state index is -0.409. The summed E-state index contributed by atoms with van der Waals surface area (Å²) in [6.07, 6.45) is 3.33. The minimum Gasteiger partial charge on any atom is -0.455 e. The van der Waals surface area contributed by atoms with Crippen LogP contribution in [0.15, 0.2) is 24.3 Å². The molecule has 0 bridgehead atoms. The van der Waals surface area contributed by atoms with E-state index in [-0.39, 0.29) is 30.4 Å². The van der Waals surface area contributed by atoms with E-state index in [1.807, 2.05) is 26.0 Å². The SMILES string of the molecule is CC(C)[C@H](C(=O)OCC(=O)N[C@@H]1CCC[C@@H](C)[C@H]1C)c1ccc(Cl)cc1. The first-order valence-electron chi connectivity index (χ1n) is 9.51. The van der Waals surface area contributed by atoms with Crippen LogP contribution in [-0.2, 0) is 14.3 Å². The summed E-state index contributed by atoms with van der Waals surface area (Å²) in [5, 5.41) is 3.66. The Bertz CT molecular complexity index is 614. The van der Waals surface area contributed by atoms with Crippen molar-refractivity contribution in [2.24, 2.45) is 17.8 Å². The zero-order chi connectivity index (χ0) is 19.3. The van der Waals surface area contributed by atoms with E-state index < -0.39 is 5.92 Å². The van der Waals surface area contributed by atoms with Crippen LogP contribution in [0, 0.1) is 17.8 Å². The fraction of sp³-hybridized carbons (Fsp3) is 0.619. The van der Waals surface area contributed by atoms with Gasteiger partial charge < -0.3 is 10.1 Å². The van der Waals surface area contributed by atoms with Crippen molar-refractivity contribution in [2.45, 2.75) is 58.9 Å². The number of esters is 1. The number of amides is 1. The summed E-state index contributed by atoms with van der Waals surface area (Å²) < 4.78 is 5.33. The molecular weight excluding hydrogens is 350 g/mol. The Morgan fingerprint density at radius 1 is 1.19 bits per heavy atom. The number of benzene rings is 1. The van der Waals surface area contributed by atoms with Crippen molar-refractivity contribution in [3.8, 4) is 0 Å². The number of ether oxygens (including phenoxy) is 1. The average Bonchev–Trinajstić information content (AvgIpc) is 2.59. The van der Waals surface area contributed by atoms with E-state index in [1.165, 1.54) is 6.42 Å². The largest absolute Gasteiger partial charge is 0.455 e. The highest BCUT2D eigenvalue weighted by atomic mass is 35.5. The van der Waals surface area contributed by atoms with Gasteiger partial charge in [-0.2, -0.15) is 0 Å². The monoisotopic (exact) mass is 379 g/mol. The van der Waals surface area contributed by atoms with Crippen molar-refractivity contribution in [3.05, 3.63) is 34.9 Å². The third kappa shape index (κ3) is 5.47. The molecule has 0 radical (unpaired) electrons. The molecular formula is C21H30ClNO3. The molecule has 1 aromatic carbocycles. The van der Waals surface area contributed by atoms with Crippen LogP contribution in [0.5, 0.6) is 0 Å². The smallest absolute Gasteiger partial charge is 0.314 e. The van der Waals surface area contributed by atoms with Crippen molar-refractivity contribution in [2.75, 3.05) is 6.61 Å². The molecule has 1 aromatic rings. The van der Waals surface area contributed by atoms with Crippen LogP contribution in [0.4, 0.5) is 0 Å². The summed E-state index contributed by atoms with van der Waals surface area (Å²) in [5.74, 6) is 0.109. The van der Waals surface area contributed by atoms with Crippen molar-refractivity contribution in [1.29, 1.82) is 0 Å². The van der Waals surface area contributed by atoms with E-state index >= 15 is 0 Å². The van der Waals surface area contributed by atoms with Gasteiger partial charge >= 0.3 is 5.97 Å². The lowest BCUT2D eigenvalue weighted by Gasteiger charge is -2.34. The van der Waals surface area contributed by atoms with Gasteiger partial charge in [-0.1, -0.05) is 64.3 Å². The predicted octanol–water partition coefficient (Wildman–Crippen LogP) is 4.56. The van der Waals surface area contributed by atoms with Crippen molar-refractivity contribution in [1.82, 2.24) is 5.32 Å². The van der Waals surface area contributed by atoms with Crippen molar-refractivity contribution >= 4 is 23.5 Å². The summed E-state index contributed by atoms with van der Waals surface area (Å²) in [7, 11) is 0. The Morgan fingerprint density at radius 2 is 1.85 bits per heavy atom. The molecule has 0 unspecified atom stereocenters. The maximum atomic E-state index is 12.5. The average molecular weight is 380 g/mol. The molecule has 2 rings (SSSR count). The van der Waals surface area contributed by atoms with Crippen LogP contribution in [0.25, 0.3) is 0 Å². The van der Waals surface area contributed by atoms with E-state index in [0.29, 0.717) is 16.9 Å². The number of halogens is 1. The van der Waals surface area contributed by atoms with Crippen LogP contribution in [-0.4, -0.2) is 24.5 Å². The Morgan fingerprint density at radius 3 is 2.46 bits per heavy atom. The fourth-order valence-corrected chi connectivity index (χ4v) is 3.85. The summed E-state index contributed by atoms with van der Waals surface area (Å²) in [6, 6.07) is 7.36. The Balaban J connectivity index is 1.91. The molecule has 0 aromatic heterocycles. The molecule has 1 aliphatic rings. The fourth-order valence-electron chi connectivity index (χ4n) is 3.72. The summed E-state index contributed by atoms with van der Waals surface area (Å²) in [6.45, 7) is 8.10. The third-order valence-corrected chi connectivity index (χ3v) is 5.80. The highest BCUT2D eigenvalue weighted by Crippen LogP contribution is 2.30. The molecule has 0 saturated heterocycles. The van der Waals surface area contributed by atoms with Gasteiger partial charge in [0, 0.05) is 11.1 Å². The number of carbonyl (C=O) groups excluding carboxylic acids is 2. The number of hydrogen-bond donors (Lipinski definition) is 1. The van der Waals surface area contributed by atoms with Crippen LogP contribution in [0.2, 0.25) is 5.02 Å². The molecule has 1 amide bonds. The standard InChI is InChI=1S/C21H30ClNO3/c1-13(2)20(16-8-10-17(22)11-9-16)21(25)26-12-19(24)23-18-7-5-6-14(3)15(18)4/h8-11,13-15,18,20H,5-7,12H2,1-4H3,(H,23,24)/t14-,15-,18-,20+/m1/s1. The lowest BCUT2D eigenvalue weighted by atomic mass is 9.78. The number of carbonyl (C=O) groups is 2. The van der Waals surface area contributed by atoms with Gasteiger partial charge in [-0.05, 0) is 41.9 Å². The quantitative estimate of drug-likeness (QED) is 0.737. The molecule has 1 fully saturated rings. The van der Waals surface area contributed by atoms with Gasteiger partial charge in [0.25, 0.3) is 5.91 Å². The molecule has 0 heterocycles. The van der Waals surface area contributed by atoms with Crippen LogP contribution >= 0.6 is 11.6 Å². The van der Waals surface area contributed by atoms with Gasteiger partial charge in [-0.3, -0.25) is 9.59 Å². The highest BCUT2D eigenvalue weighted by molar-refractivity contribution is 6.30. The first-order chi connectivity index (χ1) is 12.3. The van der Waals surface area contributed by atoms with Gasteiger partial charge in [0.15, 0.2) is 6.61 Å². The maximum Gasteiger partial charge on any atom is 0.314 e. The number of nitrogens with one attached hydrogen (secondary N) is 1. The Kier molecular flexibility index (Phi) is 7.51. The molecule has 0 spiro atoms. The second-order valence-electron chi connectivity index (χ2n) is 7.82. The van der Waals surface area contributed by atoms with E-state index in [1.54, 1.807) is 12.1 Å². The second kappa shape index (κ2) is 9.40. The Labute approximate surface area is 161 Å². The normalized spacial score (nSPS) is 24.2. The zero-order valence-corrected chi connectivity index (χ0v) is 16.9. The molecule has 4 atom stereocenters. The second-order valence-corrected chi connectivity index (χ2v) is 8.26. The summed E-state index contributed by atoms with van der Waals surface area (Å²) in [5.41, 5.74) is 0.851. The van der Waals surface area contributed by atoms with E-state index in [4.69, 9.17) is 16.3 Å². The van der Waals surface area contributed by atoms with Crippen molar-refractivity contribution in [3.63, 3.8) is 0 Å². The van der Waals surface area contributed by atoms with Crippen LogP contribution in [0.3, 0.4) is 0 Å². The third-order valence-electron chi connectivity index (χ3n) is 5.55. The Hall–Kier alpha value is -1.55. The molecule has 4 nitrogen and oxygen atoms in total.